The van der Waals surface area contributed by atoms with Gasteiger partial charge in [0.2, 0.25) is 11.9 Å². The molecule has 0 radical (unpaired) electrons. The molecular weight excluding hydrogens is 438 g/mol. The second kappa shape index (κ2) is 9.87. The highest BCUT2D eigenvalue weighted by molar-refractivity contribution is 6.30. The van der Waals surface area contributed by atoms with Gasteiger partial charge in [-0.25, -0.2) is 14.6 Å². The molecule has 3 heterocycles. The highest BCUT2D eigenvalue weighted by atomic mass is 35.5. The number of nitrogens with zero attached hydrogens (tertiary/aromatic N) is 7. The van der Waals surface area contributed by atoms with Crippen LogP contribution in [0.25, 0.3) is 11.1 Å². The maximum atomic E-state index is 13.1. The predicted molar refractivity (Wildman–Crippen MR) is 129 cm³/mol. The topological polar surface area (TPSA) is 80.0 Å². The Bertz CT molecular complexity index is 1110. The molecule has 2 aromatic heterocycles. The van der Waals surface area contributed by atoms with E-state index in [0.717, 1.165) is 41.9 Å². The molecule has 0 spiro atoms. The Balaban J connectivity index is 1.58. The van der Waals surface area contributed by atoms with Gasteiger partial charge in [0, 0.05) is 56.1 Å². The highest BCUT2D eigenvalue weighted by Gasteiger charge is 2.28. The van der Waals surface area contributed by atoms with Crippen LogP contribution in [0.15, 0.2) is 36.7 Å². The predicted octanol–water partition coefficient (Wildman–Crippen LogP) is 3.98. The van der Waals surface area contributed by atoms with E-state index in [1.807, 2.05) is 60.6 Å². The second-order valence-corrected chi connectivity index (χ2v) is 9.48. The molecule has 1 aliphatic rings. The van der Waals surface area contributed by atoms with E-state index < -0.39 is 0 Å². The number of benzene rings is 1. The van der Waals surface area contributed by atoms with Crippen molar-refractivity contribution in [1.29, 1.82) is 0 Å². The molecule has 8 nitrogen and oxygen atoms in total. The molecule has 1 unspecified atom stereocenters. The molecule has 0 aliphatic carbocycles. The number of anilines is 1. The summed E-state index contributed by atoms with van der Waals surface area (Å²) in [5.41, 5.74) is 3.86. The van der Waals surface area contributed by atoms with Gasteiger partial charge >= 0.3 is 0 Å². The van der Waals surface area contributed by atoms with Gasteiger partial charge in [-0.3, -0.25) is 4.79 Å². The fourth-order valence-corrected chi connectivity index (χ4v) is 4.21. The largest absolute Gasteiger partial charge is 0.347 e. The van der Waals surface area contributed by atoms with Crippen LogP contribution < -0.4 is 4.90 Å². The summed E-state index contributed by atoms with van der Waals surface area (Å²) in [6, 6.07) is 7.73. The number of likely N-dealkylation sites (tertiary alicyclic amines) is 1. The molecule has 174 valence electrons. The lowest BCUT2D eigenvalue weighted by molar-refractivity contribution is -0.133. The molecule has 9 heteroatoms. The molecule has 33 heavy (non-hydrogen) atoms. The van der Waals surface area contributed by atoms with E-state index in [0.29, 0.717) is 17.5 Å². The smallest absolute Gasteiger partial charge is 0.244 e. The van der Waals surface area contributed by atoms with Crippen molar-refractivity contribution in [3.63, 3.8) is 0 Å². The SMILES string of the molecule is CC(C)c1cn(CC(=O)N2CCCC(c3nc(N(C)C)ncc3-c3ccc(Cl)cc3)C2)nn1. The maximum Gasteiger partial charge on any atom is 0.244 e. The van der Waals surface area contributed by atoms with Crippen LogP contribution in [0.5, 0.6) is 0 Å². The third-order valence-electron chi connectivity index (χ3n) is 5.97. The van der Waals surface area contributed by atoms with E-state index >= 15 is 0 Å². The summed E-state index contributed by atoms with van der Waals surface area (Å²) in [7, 11) is 3.86. The summed E-state index contributed by atoms with van der Waals surface area (Å²) >= 11 is 6.10. The molecule has 1 aliphatic heterocycles. The summed E-state index contributed by atoms with van der Waals surface area (Å²) in [4.78, 5) is 26.4. The average Bonchev–Trinajstić information content (AvgIpc) is 3.28. The molecule has 1 atom stereocenters. The van der Waals surface area contributed by atoms with Crippen LogP contribution in [0.4, 0.5) is 5.95 Å². The number of hydrogen-bond acceptors (Lipinski definition) is 6. The van der Waals surface area contributed by atoms with Gasteiger partial charge in [-0.2, -0.15) is 0 Å². The minimum Gasteiger partial charge on any atom is -0.347 e. The van der Waals surface area contributed by atoms with Crippen LogP contribution in [-0.2, 0) is 11.3 Å². The zero-order valence-electron chi connectivity index (χ0n) is 19.6. The Kier molecular flexibility index (Phi) is 6.93. The van der Waals surface area contributed by atoms with E-state index in [1.165, 1.54) is 0 Å². The van der Waals surface area contributed by atoms with Crippen molar-refractivity contribution in [2.24, 2.45) is 0 Å². The molecule has 4 rings (SSSR count). The lowest BCUT2D eigenvalue weighted by Gasteiger charge is -2.33. The van der Waals surface area contributed by atoms with E-state index in [2.05, 4.69) is 29.1 Å². The van der Waals surface area contributed by atoms with E-state index in [-0.39, 0.29) is 24.3 Å². The second-order valence-electron chi connectivity index (χ2n) is 9.04. The minimum absolute atomic E-state index is 0.0508. The number of amides is 1. The lowest BCUT2D eigenvalue weighted by Crippen LogP contribution is -2.41. The quantitative estimate of drug-likeness (QED) is 0.545. The Morgan fingerprint density at radius 2 is 2.00 bits per heavy atom. The van der Waals surface area contributed by atoms with E-state index in [1.54, 1.807) is 4.68 Å². The molecule has 1 amide bonds. The lowest BCUT2D eigenvalue weighted by atomic mass is 9.90. The average molecular weight is 468 g/mol. The Morgan fingerprint density at radius 3 is 2.67 bits per heavy atom. The molecule has 1 aromatic carbocycles. The van der Waals surface area contributed by atoms with Gasteiger partial charge in [0.1, 0.15) is 6.54 Å². The summed E-state index contributed by atoms with van der Waals surface area (Å²) in [5.74, 6) is 1.12. The number of carbonyl (C=O) groups excluding carboxylic acids is 1. The van der Waals surface area contributed by atoms with Gasteiger partial charge in [0.05, 0.1) is 11.4 Å². The number of piperidine rings is 1. The number of rotatable bonds is 6. The van der Waals surface area contributed by atoms with Crippen molar-refractivity contribution in [3.05, 3.63) is 53.1 Å². The molecule has 0 saturated carbocycles. The Morgan fingerprint density at radius 1 is 1.24 bits per heavy atom. The monoisotopic (exact) mass is 467 g/mol. The van der Waals surface area contributed by atoms with Crippen LogP contribution in [0, 0.1) is 0 Å². The first-order valence-electron chi connectivity index (χ1n) is 11.3. The summed E-state index contributed by atoms with van der Waals surface area (Å²) in [6.07, 6.45) is 5.63. The van der Waals surface area contributed by atoms with Crippen LogP contribution in [0.1, 0.15) is 49.9 Å². The fourth-order valence-electron chi connectivity index (χ4n) is 4.08. The minimum atomic E-state index is 0.0508. The summed E-state index contributed by atoms with van der Waals surface area (Å²) in [5, 5.41) is 8.98. The van der Waals surface area contributed by atoms with Crippen molar-refractivity contribution in [3.8, 4) is 11.1 Å². The molecule has 0 bridgehead atoms. The van der Waals surface area contributed by atoms with Crippen molar-refractivity contribution >= 4 is 23.5 Å². The summed E-state index contributed by atoms with van der Waals surface area (Å²) in [6.45, 7) is 5.68. The molecule has 1 fully saturated rings. The van der Waals surface area contributed by atoms with Gasteiger partial charge in [0.25, 0.3) is 0 Å². The van der Waals surface area contributed by atoms with Gasteiger partial charge in [-0.05, 0) is 36.5 Å². The van der Waals surface area contributed by atoms with Gasteiger partial charge in [-0.1, -0.05) is 42.8 Å². The Hall–Kier alpha value is -3.00. The maximum absolute atomic E-state index is 13.1. The van der Waals surface area contributed by atoms with Crippen molar-refractivity contribution in [2.75, 3.05) is 32.1 Å². The van der Waals surface area contributed by atoms with Gasteiger partial charge in [0.15, 0.2) is 0 Å². The number of hydrogen-bond donors (Lipinski definition) is 0. The normalized spacial score (nSPS) is 16.3. The first kappa shape index (κ1) is 23.2. The first-order valence-corrected chi connectivity index (χ1v) is 11.7. The van der Waals surface area contributed by atoms with Crippen molar-refractivity contribution < 1.29 is 4.79 Å². The van der Waals surface area contributed by atoms with E-state index in [4.69, 9.17) is 16.6 Å². The number of halogens is 1. The molecular formula is C24H30ClN7O. The summed E-state index contributed by atoms with van der Waals surface area (Å²) < 4.78 is 1.63. The molecule has 3 aromatic rings. The third kappa shape index (κ3) is 5.33. The number of carbonyl (C=O) groups is 1. The first-order chi connectivity index (χ1) is 15.8. The third-order valence-corrected chi connectivity index (χ3v) is 6.22. The number of aromatic nitrogens is 5. The fraction of sp³-hybridized carbons (Fsp3) is 0.458. The van der Waals surface area contributed by atoms with E-state index in [9.17, 15) is 4.79 Å². The van der Waals surface area contributed by atoms with Crippen LogP contribution in [0.2, 0.25) is 5.02 Å². The van der Waals surface area contributed by atoms with Crippen molar-refractivity contribution in [1.82, 2.24) is 29.9 Å². The molecule has 0 N–H and O–H groups in total. The van der Waals surface area contributed by atoms with Gasteiger partial charge in [-0.15, -0.1) is 5.10 Å². The Labute approximate surface area is 199 Å². The van der Waals surface area contributed by atoms with Crippen LogP contribution in [-0.4, -0.2) is 63.0 Å². The standard InChI is InChI=1S/C24H30ClN7O/c1-16(2)21-14-32(29-28-21)15-22(33)31-11-5-6-18(13-31)23-20(12-26-24(27-23)30(3)4)17-7-9-19(25)10-8-17/h7-10,12,14,16,18H,5-6,11,13,15H2,1-4H3. The van der Waals surface area contributed by atoms with Crippen molar-refractivity contribution in [2.45, 2.75) is 45.1 Å². The highest BCUT2D eigenvalue weighted by Crippen LogP contribution is 2.34. The van der Waals surface area contributed by atoms with Crippen LogP contribution >= 0.6 is 11.6 Å². The van der Waals surface area contributed by atoms with Crippen LogP contribution in [0.3, 0.4) is 0 Å². The zero-order valence-corrected chi connectivity index (χ0v) is 20.3. The zero-order chi connectivity index (χ0) is 23.5. The molecule has 1 saturated heterocycles. The van der Waals surface area contributed by atoms with Gasteiger partial charge < -0.3 is 9.80 Å².